The molecule has 2 heterocycles. The Morgan fingerprint density at radius 3 is 2.82 bits per heavy atom. The lowest BCUT2D eigenvalue weighted by atomic mass is 10.6. The second-order valence-electron chi connectivity index (χ2n) is 1.79. The lowest BCUT2D eigenvalue weighted by Crippen LogP contribution is -1.78. The van der Waals surface area contributed by atoms with E-state index in [1.807, 2.05) is 0 Å². The van der Waals surface area contributed by atoms with Gasteiger partial charge in [0.2, 0.25) is 0 Å². The minimum Gasteiger partial charge on any atom is -0.224 e. The van der Waals surface area contributed by atoms with Gasteiger partial charge in [-0.15, -0.1) is 0 Å². The van der Waals surface area contributed by atoms with Crippen molar-refractivity contribution in [3.63, 3.8) is 0 Å². The highest BCUT2D eigenvalue weighted by Gasteiger charge is 2.06. The molecule has 2 rings (SSSR count). The summed E-state index contributed by atoms with van der Waals surface area (Å²) in [4.78, 5) is 12.4. The largest absolute Gasteiger partial charge is 0.224 e. The smallest absolute Gasteiger partial charge is 0.186 e. The first-order chi connectivity index (χ1) is 5.27. The fourth-order valence-electron chi connectivity index (χ4n) is 0.702. The van der Waals surface area contributed by atoms with Crippen LogP contribution < -0.4 is 0 Å². The molecule has 6 heteroatoms. The van der Waals surface area contributed by atoms with Gasteiger partial charge in [-0.2, -0.15) is 0 Å². The zero-order chi connectivity index (χ0) is 7.84. The van der Waals surface area contributed by atoms with Gasteiger partial charge in [0.25, 0.3) is 0 Å². The molecule has 2 aromatic rings. The summed E-state index contributed by atoms with van der Waals surface area (Å²) in [5, 5.41) is 0.346. The maximum Gasteiger partial charge on any atom is 0.186 e. The second kappa shape index (κ2) is 2.55. The van der Waals surface area contributed by atoms with E-state index in [2.05, 4.69) is 15.0 Å². The maximum absolute atomic E-state index is 5.70. The van der Waals surface area contributed by atoms with Crippen molar-refractivity contribution in [3.05, 3.63) is 15.9 Å². The normalized spacial score (nSPS) is 10.7. The molecule has 0 aliphatic rings. The highest BCUT2D eigenvalue weighted by Crippen LogP contribution is 2.26. The van der Waals surface area contributed by atoms with E-state index >= 15 is 0 Å². The zero-order valence-corrected chi connectivity index (χ0v) is 7.41. The topological polar surface area (TPSA) is 38.7 Å². The van der Waals surface area contributed by atoms with Crippen LogP contribution in [0.1, 0.15) is 0 Å². The molecular weight excluding hydrogens is 205 g/mol. The molecule has 0 aromatic carbocycles. The lowest BCUT2D eigenvalue weighted by molar-refractivity contribution is 1.22. The molecule has 56 valence electrons. The number of halogens is 2. The molecule has 0 aliphatic carbocycles. The van der Waals surface area contributed by atoms with Crippen molar-refractivity contribution in [1.29, 1.82) is 0 Å². The SMILES string of the molecule is Clc1nc2c(Cl)ncnc2s1. The van der Waals surface area contributed by atoms with Crippen LogP contribution in [0.2, 0.25) is 9.62 Å². The van der Waals surface area contributed by atoms with Crippen molar-refractivity contribution >= 4 is 44.9 Å². The van der Waals surface area contributed by atoms with E-state index in [1.165, 1.54) is 17.7 Å². The Morgan fingerprint density at radius 2 is 2.09 bits per heavy atom. The molecule has 0 atom stereocenters. The summed E-state index contributed by atoms with van der Waals surface area (Å²) in [5.41, 5.74) is 0.573. The molecular formula is C5HCl2N3S. The molecule has 0 unspecified atom stereocenters. The van der Waals surface area contributed by atoms with E-state index in [1.54, 1.807) is 0 Å². The van der Waals surface area contributed by atoms with Crippen LogP contribution in [0.5, 0.6) is 0 Å². The minimum atomic E-state index is 0.346. The molecule has 0 saturated heterocycles. The van der Waals surface area contributed by atoms with Gasteiger partial charge >= 0.3 is 0 Å². The van der Waals surface area contributed by atoms with Gasteiger partial charge < -0.3 is 0 Å². The van der Waals surface area contributed by atoms with Crippen LogP contribution in [-0.2, 0) is 0 Å². The van der Waals surface area contributed by atoms with E-state index in [0.717, 1.165) is 4.83 Å². The zero-order valence-electron chi connectivity index (χ0n) is 5.08. The van der Waals surface area contributed by atoms with E-state index in [0.29, 0.717) is 15.1 Å². The van der Waals surface area contributed by atoms with Gasteiger partial charge in [-0.25, -0.2) is 15.0 Å². The molecule has 0 spiro atoms. The third-order valence-electron chi connectivity index (χ3n) is 1.12. The number of hydrogen-bond donors (Lipinski definition) is 0. The molecule has 0 bridgehead atoms. The molecule has 0 N–H and O–H groups in total. The molecule has 3 nitrogen and oxygen atoms in total. The first-order valence-corrected chi connectivity index (χ1v) is 4.27. The lowest BCUT2D eigenvalue weighted by Gasteiger charge is -1.86. The predicted octanol–water partition coefficient (Wildman–Crippen LogP) is 2.39. The molecule has 0 aliphatic heterocycles. The van der Waals surface area contributed by atoms with Crippen LogP contribution in [0.3, 0.4) is 0 Å². The number of fused-ring (bicyclic) bond motifs is 1. The summed E-state index contributed by atoms with van der Waals surface area (Å²) in [5.74, 6) is 0. The van der Waals surface area contributed by atoms with Crippen LogP contribution in [0.15, 0.2) is 6.33 Å². The van der Waals surface area contributed by atoms with Gasteiger partial charge in [0.15, 0.2) is 9.62 Å². The van der Waals surface area contributed by atoms with Crippen LogP contribution in [0.25, 0.3) is 10.3 Å². The van der Waals surface area contributed by atoms with Crippen LogP contribution >= 0.6 is 34.5 Å². The molecule has 0 radical (unpaired) electrons. The van der Waals surface area contributed by atoms with Gasteiger partial charge in [0, 0.05) is 0 Å². The van der Waals surface area contributed by atoms with Crippen molar-refractivity contribution in [2.75, 3.05) is 0 Å². The quantitative estimate of drug-likeness (QED) is 0.621. The molecule has 11 heavy (non-hydrogen) atoms. The highest BCUT2D eigenvalue weighted by molar-refractivity contribution is 7.21. The van der Waals surface area contributed by atoms with Gasteiger partial charge in [-0.05, 0) is 0 Å². The summed E-state index contributed by atoms with van der Waals surface area (Å²) in [6, 6.07) is 0. The van der Waals surface area contributed by atoms with Gasteiger partial charge in [-0.3, -0.25) is 0 Å². The Labute approximate surface area is 76.0 Å². The average Bonchev–Trinajstić information content (AvgIpc) is 2.31. The maximum atomic E-state index is 5.70. The number of rotatable bonds is 0. The molecule has 0 fully saturated rings. The summed E-state index contributed by atoms with van der Waals surface area (Å²) in [6.07, 6.45) is 1.39. The van der Waals surface area contributed by atoms with Crippen LogP contribution in [0.4, 0.5) is 0 Å². The summed E-state index contributed by atoms with van der Waals surface area (Å²) >= 11 is 12.6. The average molecular weight is 206 g/mol. The van der Waals surface area contributed by atoms with E-state index in [-0.39, 0.29) is 0 Å². The Morgan fingerprint density at radius 1 is 1.27 bits per heavy atom. The van der Waals surface area contributed by atoms with Crippen molar-refractivity contribution in [2.45, 2.75) is 0 Å². The van der Waals surface area contributed by atoms with Crippen molar-refractivity contribution < 1.29 is 0 Å². The first-order valence-electron chi connectivity index (χ1n) is 2.70. The van der Waals surface area contributed by atoms with E-state index < -0.39 is 0 Å². The van der Waals surface area contributed by atoms with Crippen molar-refractivity contribution in [2.24, 2.45) is 0 Å². The van der Waals surface area contributed by atoms with Crippen molar-refractivity contribution in [1.82, 2.24) is 15.0 Å². The molecule has 2 aromatic heterocycles. The van der Waals surface area contributed by atoms with Crippen LogP contribution in [-0.4, -0.2) is 15.0 Å². The monoisotopic (exact) mass is 205 g/mol. The summed E-state index contributed by atoms with van der Waals surface area (Å²) < 4.78 is 0.433. The predicted molar refractivity (Wildman–Crippen MR) is 45.2 cm³/mol. The standard InChI is InChI=1S/C5HCl2N3S/c6-3-2-4(9-1-8-3)11-5(7)10-2/h1H. The second-order valence-corrected chi connectivity index (χ2v) is 3.70. The molecule has 0 amide bonds. The Bertz CT molecular complexity index is 400. The van der Waals surface area contributed by atoms with Crippen molar-refractivity contribution in [3.8, 4) is 0 Å². The van der Waals surface area contributed by atoms with E-state index in [4.69, 9.17) is 23.2 Å². The Kier molecular flexibility index (Phi) is 1.67. The number of aromatic nitrogens is 3. The van der Waals surface area contributed by atoms with E-state index in [9.17, 15) is 0 Å². The summed E-state index contributed by atoms with van der Waals surface area (Å²) in [7, 11) is 0. The summed E-state index contributed by atoms with van der Waals surface area (Å²) in [6.45, 7) is 0. The Hall–Kier alpha value is -0.450. The minimum absolute atomic E-state index is 0.346. The van der Waals surface area contributed by atoms with Gasteiger partial charge in [-0.1, -0.05) is 34.5 Å². The fourth-order valence-corrected chi connectivity index (χ4v) is 1.87. The number of thiazole rings is 1. The first kappa shape index (κ1) is 7.21. The Balaban J connectivity index is 2.90. The third-order valence-corrected chi connectivity index (χ3v) is 2.47. The van der Waals surface area contributed by atoms with Gasteiger partial charge in [0.1, 0.15) is 16.7 Å². The van der Waals surface area contributed by atoms with Gasteiger partial charge in [0.05, 0.1) is 0 Å². The number of nitrogens with zero attached hydrogens (tertiary/aromatic N) is 3. The third kappa shape index (κ3) is 1.17. The number of hydrogen-bond acceptors (Lipinski definition) is 4. The van der Waals surface area contributed by atoms with Crippen LogP contribution in [0, 0.1) is 0 Å². The highest BCUT2D eigenvalue weighted by atomic mass is 35.5. The molecule has 0 saturated carbocycles. The fraction of sp³-hybridized carbons (Fsp3) is 0.